The molecule has 0 saturated heterocycles. The topological polar surface area (TPSA) is 106 Å². The summed E-state index contributed by atoms with van der Waals surface area (Å²) in [6, 6.07) is 22.8. The fraction of sp³-hybridized carbons (Fsp3) is 0.130. The van der Waals surface area contributed by atoms with Crippen LogP contribution in [-0.4, -0.2) is 26.3 Å². The van der Waals surface area contributed by atoms with E-state index in [0.717, 1.165) is 5.56 Å². The number of hydrogen-bond donors (Lipinski definition) is 2. The molecule has 0 spiro atoms. The van der Waals surface area contributed by atoms with Crippen LogP contribution in [0.15, 0.2) is 89.8 Å². The van der Waals surface area contributed by atoms with Crippen LogP contribution in [0.4, 0.5) is 0 Å². The van der Waals surface area contributed by atoms with Gasteiger partial charge in [0.05, 0.1) is 10.6 Å². The minimum absolute atomic E-state index is 0.170. The van der Waals surface area contributed by atoms with E-state index in [1.165, 1.54) is 12.1 Å². The van der Waals surface area contributed by atoms with E-state index in [1.54, 1.807) is 42.5 Å². The van der Waals surface area contributed by atoms with E-state index in [-0.39, 0.29) is 17.1 Å². The minimum Gasteiger partial charge on any atom is -0.368 e. The maximum absolute atomic E-state index is 12.5. The summed E-state index contributed by atoms with van der Waals surface area (Å²) in [7, 11) is -3.47. The van der Waals surface area contributed by atoms with Crippen molar-refractivity contribution in [3.05, 3.63) is 102 Å². The molecule has 0 aliphatic heterocycles. The lowest BCUT2D eigenvalue weighted by atomic mass is 10.0. The zero-order chi connectivity index (χ0) is 21.6. The molecular weight excluding hydrogens is 400 g/mol. The highest BCUT2D eigenvalue weighted by molar-refractivity contribution is 7.90. The lowest BCUT2D eigenvalue weighted by Gasteiger charge is -2.16. The first-order valence-electron chi connectivity index (χ1n) is 9.36. The zero-order valence-corrected chi connectivity index (χ0v) is 17.0. The normalized spacial score (nSPS) is 12.1. The van der Waals surface area contributed by atoms with Crippen LogP contribution in [0.25, 0.3) is 0 Å². The Labute approximate surface area is 175 Å². The summed E-state index contributed by atoms with van der Waals surface area (Å²) in [5, 5.41) is 2.64. The molecule has 0 aliphatic rings. The molecule has 7 heteroatoms. The number of hydrogen-bond acceptors (Lipinski definition) is 4. The molecule has 3 N–H and O–H groups in total. The first-order chi connectivity index (χ1) is 14.3. The molecule has 6 nitrogen and oxygen atoms in total. The SMILES string of the molecule is NC(=O)C(Cc1ccccc1)NC(=O)c1ccc(CS(=O)(=O)c2ccccc2)cc1. The van der Waals surface area contributed by atoms with Gasteiger partial charge in [-0.3, -0.25) is 9.59 Å². The molecule has 0 aromatic heterocycles. The van der Waals surface area contributed by atoms with Crippen molar-refractivity contribution >= 4 is 21.7 Å². The smallest absolute Gasteiger partial charge is 0.251 e. The van der Waals surface area contributed by atoms with Crippen LogP contribution in [0, 0.1) is 0 Å². The Balaban J connectivity index is 1.67. The van der Waals surface area contributed by atoms with Crippen molar-refractivity contribution in [1.29, 1.82) is 0 Å². The standard InChI is InChI=1S/C23H22N2O4S/c24-22(26)21(15-17-7-3-1-4-8-17)25-23(27)19-13-11-18(12-14-19)16-30(28,29)20-9-5-2-6-10-20/h1-14,21H,15-16H2,(H2,24,26)(H,25,27). The Morgan fingerprint density at radius 3 is 1.93 bits per heavy atom. The molecule has 0 bridgehead atoms. The summed E-state index contributed by atoms with van der Waals surface area (Å²) in [6.45, 7) is 0. The molecule has 0 radical (unpaired) electrons. The Morgan fingerprint density at radius 2 is 1.37 bits per heavy atom. The van der Waals surface area contributed by atoms with Crippen molar-refractivity contribution in [2.45, 2.75) is 23.1 Å². The summed E-state index contributed by atoms with van der Waals surface area (Å²) in [5.74, 6) is -1.25. The average Bonchev–Trinajstić information content (AvgIpc) is 2.75. The molecule has 3 aromatic carbocycles. The summed E-state index contributed by atoms with van der Waals surface area (Å²) in [6.07, 6.45) is 0.287. The van der Waals surface area contributed by atoms with Gasteiger partial charge < -0.3 is 11.1 Å². The summed E-state index contributed by atoms with van der Waals surface area (Å²) in [5.41, 5.74) is 7.19. The molecule has 1 unspecified atom stereocenters. The van der Waals surface area contributed by atoms with E-state index in [9.17, 15) is 18.0 Å². The van der Waals surface area contributed by atoms with Crippen molar-refractivity contribution in [3.8, 4) is 0 Å². The average molecular weight is 423 g/mol. The minimum atomic E-state index is -3.47. The van der Waals surface area contributed by atoms with Gasteiger partial charge in [-0.05, 0) is 35.4 Å². The van der Waals surface area contributed by atoms with Crippen LogP contribution in [0.5, 0.6) is 0 Å². The number of nitrogens with one attached hydrogen (secondary N) is 1. The summed E-state index contributed by atoms with van der Waals surface area (Å²) in [4.78, 5) is 24.5. The molecule has 0 heterocycles. The van der Waals surface area contributed by atoms with Crippen molar-refractivity contribution < 1.29 is 18.0 Å². The fourth-order valence-corrected chi connectivity index (χ4v) is 4.37. The number of nitrogens with two attached hydrogens (primary N) is 1. The van der Waals surface area contributed by atoms with Gasteiger partial charge >= 0.3 is 0 Å². The second kappa shape index (κ2) is 9.37. The van der Waals surface area contributed by atoms with Crippen LogP contribution in [-0.2, 0) is 26.8 Å². The Kier molecular flexibility index (Phi) is 6.64. The van der Waals surface area contributed by atoms with Crippen LogP contribution < -0.4 is 11.1 Å². The predicted molar refractivity (Wildman–Crippen MR) is 114 cm³/mol. The molecule has 1 atom stereocenters. The second-order valence-corrected chi connectivity index (χ2v) is 8.88. The third kappa shape index (κ3) is 5.55. The van der Waals surface area contributed by atoms with Gasteiger partial charge in [0.2, 0.25) is 5.91 Å². The number of amides is 2. The van der Waals surface area contributed by atoms with E-state index >= 15 is 0 Å². The van der Waals surface area contributed by atoms with Crippen LogP contribution in [0.3, 0.4) is 0 Å². The Bertz CT molecular complexity index is 1110. The first kappa shape index (κ1) is 21.3. The van der Waals surface area contributed by atoms with Crippen molar-refractivity contribution in [2.24, 2.45) is 5.73 Å². The predicted octanol–water partition coefficient (Wildman–Crippen LogP) is 2.49. The summed E-state index contributed by atoms with van der Waals surface area (Å²) < 4.78 is 25.0. The summed E-state index contributed by atoms with van der Waals surface area (Å²) >= 11 is 0. The molecule has 3 rings (SSSR count). The quantitative estimate of drug-likeness (QED) is 0.582. The van der Waals surface area contributed by atoms with Gasteiger partial charge in [0, 0.05) is 12.0 Å². The van der Waals surface area contributed by atoms with Gasteiger partial charge in [0.25, 0.3) is 5.91 Å². The highest BCUT2D eigenvalue weighted by Crippen LogP contribution is 2.16. The second-order valence-electron chi connectivity index (χ2n) is 6.89. The zero-order valence-electron chi connectivity index (χ0n) is 16.2. The van der Waals surface area contributed by atoms with Crippen LogP contribution >= 0.6 is 0 Å². The van der Waals surface area contributed by atoms with E-state index in [1.807, 2.05) is 30.3 Å². The number of rotatable bonds is 8. The maximum atomic E-state index is 12.5. The van der Waals surface area contributed by atoms with Gasteiger partial charge in [0.15, 0.2) is 9.84 Å². The third-order valence-corrected chi connectivity index (χ3v) is 6.31. The van der Waals surface area contributed by atoms with E-state index in [2.05, 4.69) is 5.32 Å². The van der Waals surface area contributed by atoms with E-state index in [0.29, 0.717) is 11.1 Å². The molecule has 2 amide bonds. The first-order valence-corrected chi connectivity index (χ1v) is 11.0. The largest absolute Gasteiger partial charge is 0.368 e. The molecule has 0 aliphatic carbocycles. The number of carbonyl (C=O) groups is 2. The fourth-order valence-electron chi connectivity index (χ4n) is 3.00. The third-order valence-electron chi connectivity index (χ3n) is 4.61. The molecular formula is C23H22N2O4S. The van der Waals surface area contributed by atoms with Gasteiger partial charge in [-0.25, -0.2) is 8.42 Å². The molecule has 30 heavy (non-hydrogen) atoms. The molecule has 0 saturated carbocycles. The maximum Gasteiger partial charge on any atom is 0.251 e. The van der Waals surface area contributed by atoms with Crippen molar-refractivity contribution in [3.63, 3.8) is 0 Å². The van der Waals surface area contributed by atoms with Gasteiger partial charge in [-0.2, -0.15) is 0 Å². The Morgan fingerprint density at radius 1 is 0.800 bits per heavy atom. The van der Waals surface area contributed by atoms with E-state index < -0.39 is 27.7 Å². The number of benzene rings is 3. The van der Waals surface area contributed by atoms with Crippen LogP contribution in [0.2, 0.25) is 0 Å². The molecule has 3 aromatic rings. The molecule has 154 valence electrons. The van der Waals surface area contributed by atoms with Crippen molar-refractivity contribution in [1.82, 2.24) is 5.32 Å². The molecule has 0 fully saturated rings. The van der Waals surface area contributed by atoms with Crippen molar-refractivity contribution in [2.75, 3.05) is 0 Å². The number of carbonyl (C=O) groups excluding carboxylic acids is 2. The van der Waals surface area contributed by atoms with Gasteiger partial charge in [-0.15, -0.1) is 0 Å². The Hall–Kier alpha value is -3.45. The monoisotopic (exact) mass is 422 g/mol. The highest BCUT2D eigenvalue weighted by atomic mass is 32.2. The lowest BCUT2D eigenvalue weighted by Crippen LogP contribution is -2.45. The highest BCUT2D eigenvalue weighted by Gasteiger charge is 2.20. The van der Waals surface area contributed by atoms with Gasteiger partial charge in [-0.1, -0.05) is 60.7 Å². The van der Waals surface area contributed by atoms with E-state index in [4.69, 9.17) is 5.73 Å². The van der Waals surface area contributed by atoms with Gasteiger partial charge in [0.1, 0.15) is 6.04 Å². The lowest BCUT2D eigenvalue weighted by molar-refractivity contribution is -0.119. The number of sulfone groups is 1. The van der Waals surface area contributed by atoms with Crippen LogP contribution in [0.1, 0.15) is 21.5 Å². The number of primary amides is 1.